The summed E-state index contributed by atoms with van der Waals surface area (Å²) in [6.07, 6.45) is 0.0845. The van der Waals surface area contributed by atoms with Gasteiger partial charge >= 0.3 is 5.97 Å². The van der Waals surface area contributed by atoms with Gasteiger partial charge in [-0.1, -0.05) is 12.1 Å². The van der Waals surface area contributed by atoms with Crippen molar-refractivity contribution in [2.75, 3.05) is 25.7 Å². The van der Waals surface area contributed by atoms with E-state index >= 15 is 0 Å². The van der Waals surface area contributed by atoms with Crippen LogP contribution in [0.3, 0.4) is 0 Å². The van der Waals surface area contributed by atoms with Gasteiger partial charge in [0.05, 0.1) is 25.8 Å². The van der Waals surface area contributed by atoms with Gasteiger partial charge in [0.15, 0.2) is 0 Å². The highest BCUT2D eigenvalue weighted by Crippen LogP contribution is 2.32. The third kappa shape index (κ3) is 3.50. The minimum atomic E-state index is -1.15. The summed E-state index contributed by atoms with van der Waals surface area (Å²) < 4.78 is 9.95. The smallest absolute Gasteiger partial charge is 0.330 e. The van der Waals surface area contributed by atoms with Crippen molar-refractivity contribution < 1.29 is 23.9 Å². The molecule has 130 valence electrons. The van der Waals surface area contributed by atoms with Crippen LogP contribution in [0.4, 0.5) is 5.69 Å². The average molecular weight is 334 g/mol. The monoisotopic (exact) mass is 334 g/mol. The molecule has 1 aromatic rings. The standard InChI is InChI=1S/C17H22N2O5/c1-17(2,16(22)24-4)18-15(21)11-9-14(20)19(10-11)12-7-5-6-8-13(12)23-3/h5-8,11H,9-10H2,1-4H3,(H,18,21)/t11-/m1/s1. The number of benzene rings is 1. The minimum absolute atomic E-state index is 0.0845. The lowest BCUT2D eigenvalue weighted by molar-refractivity contribution is -0.149. The molecule has 0 bridgehead atoms. The van der Waals surface area contributed by atoms with Gasteiger partial charge in [0.25, 0.3) is 0 Å². The first-order valence-electron chi connectivity index (χ1n) is 7.64. The van der Waals surface area contributed by atoms with Gasteiger partial charge in [-0.2, -0.15) is 0 Å². The maximum absolute atomic E-state index is 12.4. The molecule has 7 heteroatoms. The first-order chi connectivity index (χ1) is 11.3. The number of para-hydroxylation sites is 2. The molecular weight excluding hydrogens is 312 g/mol. The first-order valence-corrected chi connectivity index (χ1v) is 7.64. The molecule has 1 aromatic carbocycles. The van der Waals surface area contributed by atoms with E-state index in [1.807, 2.05) is 6.07 Å². The van der Waals surface area contributed by atoms with Crippen LogP contribution in [0.15, 0.2) is 24.3 Å². The Morgan fingerprint density at radius 2 is 1.92 bits per heavy atom. The molecule has 0 spiro atoms. The fourth-order valence-corrected chi connectivity index (χ4v) is 2.69. The predicted octanol–water partition coefficient (Wildman–Crippen LogP) is 1.12. The summed E-state index contributed by atoms with van der Waals surface area (Å²) in [5.41, 5.74) is -0.514. The Morgan fingerprint density at radius 1 is 1.25 bits per heavy atom. The van der Waals surface area contributed by atoms with Crippen molar-refractivity contribution in [1.82, 2.24) is 5.32 Å². The number of methoxy groups -OCH3 is 2. The van der Waals surface area contributed by atoms with Crippen molar-refractivity contribution in [1.29, 1.82) is 0 Å². The molecular formula is C17H22N2O5. The van der Waals surface area contributed by atoms with Crippen LogP contribution in [0.1, 0.15) is 20.3 Å². The fourth-order valence-electron chi connectivity index (χ4n) is 2.69. The quantitative estimate of drug-likeness (QED) is 0.816. The van der Waals surface area contributed by atoms with Crippen molar-refractivity contribution in [2.24, 2.45) is 5.92 Å². The maximum Gasteiger partial charge on any atom is 0.330 e. The Kier molecular flexibility index (Phi) is 5.11. The van der Waals surface area contributed by atoms with Crippen LogP contribution < -0.4 is 15.0 Å². The van der Waals surface area contributed by atoms with Crippen LogP contribution in [-0.4, -0.2) is 44.1 Å². The zero-order valence-corrected chi connectivity index (χ0v) is 14.3. The van der Waals surface area contributed by atoms with Crippen molar-refractivity contribution >= 4 is 23.5 Å². The van der Waals surface area contributed by atoms with Crippen molar-refractivity contribution in [3.63, 3.8) is 0 Å². The second-order valence-electron chi connectivity index (χ2n) is 6.18. The Morgan fingerprint density at radius 3 is 2.54 bits per heavy atom. The van der Waals surface area contributed by atoms with E-state index < -0.39 is 17.4 Å². The number of rotatable bonds is 5. The van der Waals surface area contributed by atoms with Gasteiger partial charge in [-0.05, 0) is 26.0 Å². The Hall–Kier alpha value is -2.57. The molecule has 1 fully saturated rings. The van der Waals surface area contributed by atoms with Crippen molar-refractivity contribution in [2.45, 2.75) is 25.8 Å². The summed E-state index contributed by atoms with van der Waals surface area (Å²) in [6.45, 7) is 3.36. The molecule has 24 heavy (non-hydrogen) atoms. The van der Waals surface area contributed by atoms with Gasteiger partial charge in [-0.15, -0.1) is 0 Å². The summed E-state index contributed by atoms with van der Waals surface area (Å²) in [6, 6.07) is 7.15. The van der Waals surface area contributed by atoms with E-state index in [1.165, 1.54) is 19.1 Å². The molecule has 1 aliphatic rings. The number of amides is 2. The highest BCUT2D eigenvalue weighted by molar-refractivity contribution is 6.02. The van der Waals surface area contributed by atoms with Gasteiger partial charge in [0.1, 0.15) is 11.3 Å². The van der Waals surface area contributed by atoms with E-state index in [2.05, 4.69) is 10.1 Å². The zero-order chi connectivity index (χ0) is 17.9. The van der Waals surface area contributed by atoms with E-state index in [1.54, 1.807) is 32.0 Å². The van der Waals surface area contributed by atoms with Gasteiger partial charge in [0, 0.05) is 13.0 Å². The summed E-state index contributed by atoms with van der Waals surface area (Å²) in [5, 5.41) is 2.65. The number of esters is 1. The molecule has 7 nitrogen and oxygen atoms in total. The van der Waals surface area contributed by atoms with Gasteiger partial charge in [-0.25, -0.2) is 4.79 Å². The SMILES string of the molecule is COC(=O)C(C)(C)NC(=O)[C@@H]1CC(=O)N(c2ccccc2OC)C1. The second kappa shape index (κ2) is 6.90. The van der Waals surface area contributed by atoms with E-state index in [0.717, 1.165) is 0 Å². The highest BCUT2D eigenvalue weighted by atomic mass is 16.5. The summed E-state index contributed by atoms with van der Waals surface area (Å²) in [4.78, 5) is 38.0. The zero-order valence-electron chi connectivity index (χ0n) is 14.3. The first kappa shape index (κ1) is 17.8. The van der Waals surface area contributed by atoms with Crippen LogP contribution in [0.5, 0.6) is 5.75 Å². The van der Waals surface area contributed by atoms with Crippen molar-refractivity contribution in [3.05, 3.63) is 24.3 Å². The van der Waals surface area contributed by atoms with Crippen LogP contribution >= 0.6 is 0 Å². The number of nitrogens with zero attached hydrogens (tertiary/aromatic N) is 1. The largest absolute Gasteiger partial charge is 0.495 e. The molecule has 0 aliphatic carbocycles. The molecule has 1 heterocycles. The Labute approximate surface area is 140 Å². The predicted molar refractivity (Wildman–Crippen MR) is 87.7 cm³/mol. The molecule has 1 N–H and O–H groups in total. The van der Waals surface area contributed by atoms with Crippen LogP contribution in [0, 0.1) is 5.92 Å². The number of anilines is 1. The summed E-state index contributed by atoms with van der Waals surface area (Å²) >= 11 is 0. The van der Waals surface area contributed by atoms with E-state index in [-0.39, 0.29) is 24.8 Å². The molecule has 1 aliphatic heterocycles. The van der Waals surface area contributed by atoms with E-state index in [0.29, 0.717) is 11.4 Å². The topological polar surface area (TPSA) is 84.9 Å². The van der Waals surface area contributed by atoms with Crippen molar-refractivity contribution in [3.8, 4) is 5.75 Å². The second-order valence-corrected chi connectivity index (χ2v) is 6.18. The lowest BCUT2D eigenvalue weighted by Crippen LogP contribution is -2.52. The molecule has 2 amide bonds. The maximum atomic E-state index is 12.4. The average Bonchev–Trinajstić information content (AvgIpc) is 2.95. The number of ether oxygens (including phenoxy) is 2. The molecule has 1 atom stereocenters. The van der Waals surface area contributed by atoms with E-state index in [4.69, 9.17) is 4.74 Å². The number of carbonyl (C=O) groups is 3. The normalized spacial score (nSPS) is 17.6. The van der Waals surface area contributed by atoms with E-state index in [9.17, 15) is 14.4 Å². The third-order valence-electron chi connectivity index (χ3n) is 4.00. The minimum Gasteiger partial charge on any atom is -0.495 e. The van der Waals surface area contributed by atoms with Crippen LogP contribution in [0.25, 0.3) is 0 Å². The Bertz CT molecular complexity index is 656. The Balaban J connectivity index is 2.12. The molecule has 0 radical (unpaired) electrons. The number of hydrogen-bond donors (Lipinski definition) is 1. The van der Waals surface area contributed by atoms with Gasteiger partial charge in [0.2, 0.25) is 11.8 Å². The number of hydrogen-bond acceptors (Lipinski definition) is 5. The third-order valence-corrected chi connectivity index (χ3v) is 4.00. The summed E-state index contributed by atoms with van der Waals surface area (Å²) in [7, 11) is 2.79. The number of carbonyl (C=O) groups excluding carboxylic acids is 3. The molecule has 0 aromatic heterocycles. The highest BCUT2D eigenvalue weighted by Gasteiger charge is 2.39. The molecule has 0 saturated carbocycles. The molecule has 0 unspecified atom stereocenters. The lowest BCUT2D eigenvalue weighted by atomic mass is 10.0. The molecule has 1 saturated heterocycles. The summed E-state index contributed by atoms with van der Waals surface area (Å²) in [5.74, 6) is -1.01. The number of nitrogens with one attached hydrogen (secondary N) is 1. The van der Waals surface area contributed by atoms with Gasteiger partial charge < -0.3 is 19.7 Å². The van der Waals surface area contributed by atoms with Crippen LogP contribution in [-0.2, 0) is 19.1 Å². The lowest BCUT2D eigenvalue weighted by Gasteiger charge is -2.25. The van der Waals surface area contributed by atoms with Crippen LogP contribution in [0.2, 0.25) is 0 Å². The molecule has 2 rings (SSSR count). The fraction of sp³-hybridized carbons (Fsp3) is 0.471. The van der Waals surface area contributed by atoms with Gasteiger partial charge in [-0.3, -0.25) is 9.59 Å².